The first-order valence-electron chi connectivity index (χ1n) is 9.73. The number of nitrogens with zero attached hydrogens (tertiary/aromatic N) is 1. The maximum atomic E-state index is 15.6. The van der Waals surface area contributed by atoms with Gasteiger partial charge in [0.15, 0.2) is 17.0 Å². The molecule has 9 nitrogen and oxygen atoms in total. The summed E-state index contributed by atoms with van der Waals surface area (Å²) in [6.45, 7) is 0.670. The summed E-state index contributed by atoms with van der Waals surface area (Å²) in [7, 11) is 1.41. The van der Waals surface area contributed by atoms with Crippen LogP contribution in [0.2, 0.25) is 0 Å². The highest BCUT2D eigenvalue weighted by atomic mass is 19.1. The van der Waals surface area contributed by atoms with Gasteiger partial charge in [0.05, 0.1) is 23.6 Å². The van der Waals surface area contributed by atoms with E-state index in [1.165, 1.54) is 31.6 Å². The molecule has 2 heterocycles. The van der Waals surface area contributed by atoms with Crippen LogP contribution in [-0.4, -0.2) is 41.2 Å². The second-order valence-corrected chi connectivity index (χ2v) is 7.44. The lowest BCUT2D eigenvalue weighted by Crippen LogP contribution is -2.25. The molecule has 0 amide bonds. The largest absolute Gasteiger partial charge is 0.492 e. The minimum atomic E-state index is -1.05. The Morgan fingerprint density at radius 2 is 2.06 bits per heavy atom. The van der Waals surface area contributed by atoms with Gasteiger partial charge in [-0.3, -0.25) is 4.79 Å². The molecule has 1 fully saturated rings. The number of hydrogen-bond donors (Lipinski definition) is 5. The fourth-order valence-electron chi connectivity index (χ4n) is 3.58. The van der Waals surface area contributed by atoms with E-state index in [4.69, 9.17) is 15.6 Å². The van der Waals surface area contributed by atoms with Crippen molar-refractivity contribution in [3.63, 3.8) is 0 Å². The van der Waals surface area contributed by atoms with Crippen LogP contribution < -0.4 is 26.5 Å². The van der Waals surface area contributed by atoms with Crippen molar-refractivity contribution >= 4 is 28.4 Å². The van der Waals surface area contributed by atoms with E-state index in [1.54, 1.807) is 6.07 Å². The highest BCUT2D eigenvalue weighted by Gasteiger charge is 2.45. The lowest BCUT2D eigenvalue weighted by molar-refractivity contribution is 0.0696. The maximum Gasteiger partial charge on any atom is 0.337 e. The van der Waals surface area contributed by atoms with Gasteiger partial charge in [0, 0.05) is 42.7 Å². The number of carbonyl (C=O) groups is 1. The number of fused-ring (bicyclic) bond motifs is 1. The number of aromatic amines is 1. The smallest absolute Gasteiger partial charge is 0.337 e. The van der Waals surface area contributed by atoms with Crippen LogP contribution >= 0.6 is 0 Å². The maximum absolute atomic E-state index is 15.6. The average molecular weight is 427 g/mol. The van der Waals surface area contributed by atoms with Gasteiger partial charge < -0.3 is 31.2 Å². The number of anilines is 2. The van der Waals surface area contributed by atoms with Crippen LogP contribution in [0.4, 0.5) is 15.9 Å². The van der Waals surface area contributed by atoms with Crippen molar-refractivity contribution in [1.82, 2.24) is 9.97 Å². The van der Waals surface area contributed by atoms with Crippen LogP contribution in [0.5, 0.6) is 5.75 Å². The minimum Gasteiger partial charge on any atom is -0.492 e. The summed E-state index contributed by atoms with van der Waals surface area (Å²) < 4.78 is 21.0. The summed E-state index contributed by atoms with van der Waals surface area (Å²) in [5.74, 6) is -0.962. The van der Waals surface area contributed by atoms with Gasteiger partial charge in [0.1, 0.15) is 11.5 Å². The zero-order valence-corrected chi connectivity index (χ0v) is 16.8. The summed E-state index contributed by atoms with van der Waals surface area (Å²) in [5.41, 5.74) is 5.92. The fraction of sp³-hybridized carbons (Fsp3) is 0.286. The predicted molar refractivity (Wildman–Crippen MR) is 114 cm³/mol. The summed E-state index contributed by atoms with van der Waals surface area (Å²) in [4.78, 5) is 30.4. The second kappa shape index (κ2) is 7.88. The number of methoxy groups -OCH3 is 1. The van der Waals surface area contributed by atoms with Gasteiger partial charge in [-0.25, -0.2) is 14.2 Å². The molecule has 6 N–H and O–H groups in total. The van der Waals surface area contributed by atoms with Gasteiger partial charge >= 0.3 is 5.97 Å². The minimum absolute atomic E-state index is 0.0870. The molecule has 1 aliphatic carbocycles. The van der Waals surface area contributed by atoms with Gasteiger partial charge in [0.25, 0.3) is 0 Å². The number of halogens is 1. The van der Waals surface area contributed by atoms with Crippen molar-refractivity contribution in [2.24, 2.45) is 5.73 Å². The summed E-state index contributed by atoms with van der Waals surface area (Å²) in [6.07, 6.45) is 3.93. The summed E-state index contributed by atoms with van der Waals surface area (Å²) >= 11 is 0. The molecule has 31 heavy (non-hydrogen) atoms. The molecule has 1 saturated carbocycles. The number of carboxylic acids is 1. The zero-order valence-electron chi connectivity index (χ0n) is 16.8. The predicted octanol–water partition coefficient (Wildman–Crippen LogP) is 2.24. The molecule has 162 valence electrons. The van der Waals surface area contributed by atoms with Crippen LogP contribution in [0.25, 0.3) is 10.9 Å². The molecule has 0 radical (unpaired) electrons. The van der Waals surface area contributed by atoms with Crippen molar-refractivity contribution in [3.8, 4) is 5.75 Å². The Morgan fingerprint density at radius 1 is 1.32 bits per heavy atom. The van der Waals surface area contributed by atoms with E-state index in [0.717, 1.165) is 0 Å². The van der Waals surface area contributed by atoms with E-state index in [9.17, 15) is 9.59 Å². The third-order valence-electron chi connectivity index (χ3n) is 5.34. The van der Waals surface area contributed by atoms with E-state index in [0.29, 0.717) is 37.3 Å². The molecule has 0 atom stereocenters. The topological polar surface area (TPSA) is 142 Å². The van der Waals surface area contributed by atoms with Crippen LogP contribution in [0, 0.1) is 5.82 Å². The van der Waals surface area contributed by atoms with Crippen LogP contribution in [0.15, 0.2) is 35.4 Å². The molecule has 3 aromatic rings. The number of hydrogen-bond acceptors (Lipinski definition) is 7. The van der Waals surface area contributed by atoms with Crippen molar-refractivity contribution in [1.29, 1.82) is 0 Å². The zero-order chi connectivity index (χ0) is 22.2. The summed E-state index contributed by atoms with van der Waals surface area (Å²) in [5, 5.41) is 15.2. The highest BCUT2D eigenvalue weighted by Crippen LogP contribution is 2.49. The Balaban J connectivity index is 1.59. The molecule has 1 aromatic carbocycles. The van der Waals surface area contributed by atoms with Crippen molar-refractivity contribution < 1.29 is 19.0 Å². The SMILES string of the molecule is COc1c(NCCNc2ccc(C(=O)O)cn2)c(F)c(C2(N)CC2)c2c(=O)cc[nH]c12. The van der Waals surface area contributed by atoms with E-state index in [2.05, 4.69) is 20.6 Å². The molecule has 0 bridgehead atoms. The van der Waals surface area contributed by atoms with Crippen molar-refractivity contribution in [2.45, 2.75) is 18.4 Å². The average Bonchev–Trinajstić information content (AvgIpc) is 3.50. The number of nitrogens with one attached hydrogen (secondary N) is 3. The van der Waals surface area contributed by atoms with Gasteiger partial charge in [-0.05, 0) is 25.0 Å². The quantitative estimate of drug-likeness (QED) is 0.345. The molecule has 0 saturated heterocycles. The second-order valence-electron chi connectivity index (χ2n) is 7.44. The monoisotopic (exact) mass is 427 g/mol. The Bertz CT molecular complexity index is 1210. The third kappa shape index (κ3) is 3.77. The molecule has 0 unspecified atom stereocenters. The first-order valence-corrected chi connectivity index (χ1v) is 9.73. The normalized spacial score (nSPS) is 14.3. The molecular formula is C21H22FN5O4. The van der Waals surface area contributed by atoms with E-state index in [1.807, 2.05) is 0 Å². The van der Waals surface area contributed by atoms with Gasteiger partial charge in [-0.2, -0.15) is 0 Å². The lowest BCUT2D eigenvalue weighted by Gasteiger charge is -2.21. The summed E-state index contributed by atoms with van der Waals surface area (Å²) in [6, 6.07) is 4.33. The molecule has 0 aliphatic heterocycles. The van der Waals surface area contributed by atoms with Gasteiger partial charge in [-0.1, -0.05) is 0 Å². The number of rotatable bonds is 8. The lowest BCUT2D eigenvalue weighted by atomic mass is 9.97. The Morgan fingerprint density at radius 3 is 2.68 bits per heavy atom. The number of ether oxygens (including phenoxy) is 1. The number of H-pyrrole nitrogens is 1. The number of carboxylic acid groups (broad SMARTS) is 1. The van der Waals surface area contributed by atoms with Crippen molar-refractivity contribution in [3.05, 3.63) is 57.8 Å². The van der Waals surface area contributed by atoms with E-state index in [-0.39, 0.29) is 33.4 Å². The molecule has 1 aliphatic rings. The standard InChI is InChI=1S/C21H22FN5O4/c1-31-19-17-14(12(28)4-7-25-17)15(21(23)5-6-21)16(22)18(19)26-9-8-24-13-3-2-11(10-27-13)20(29)30/h2-4,7,10,26H,5-6,8-9,23H2,1H3,(H,24,27)(H,25,28)(H,29,30). The van der Waals surface area contributed by atoms with Crippen LogP contribution in [0.1, 0.15) is 28.8 Å². The molecule has 10 heteroatoms. The molecular weight excluding hydrogens is 405 g/mol. The highest BCUT2D eigenvalue weighted by molar-refractivity contribution is 5.94. The van der Waals surface area contributed by atoms with Gasteiger partial charge in [-0.15, -0.1) is 0 Å². The van der Waals surface area contributed by atoms with E-state index >= 15 is 4.39 Å². The number of benzene rings is 1. The molecule has 0 spiro atoms. The number of pyridine rings is 2. The Labute approximate surface area is 176 Å². The third-order valence-corrected chi connectivity index (χ3v) is 5.34. The Hall–Kier alpha value is -3.66. The number of aromatic nitrogens is 2. The number of aromatic carboxylic acids is 1. The number of nitrogens with two attached hydrogens (primary N) is 1. The van der Waals surface area contributed by atoms with Crippen molar-refractivity contribution in [2.75, 3.05) is 30.8 Å². The van der Waals surface area contributed by atoms with Gasteiger partial charge in [0.2, 0.25) is 0 Å². The van der Waals surface area contributed by atoms with Crippen LogP contribution in [0.3, 0.4) is 0 Å². The first-order chi connectivity index (χ1) is 14.9. The first kappa shape index (κ1) is 20.6. The Kier molecular flexibility index (Phi) is 5.24. The fourth-order valence-corrected chi connectivity index (χ4v) is 3.58. The molecule has 2 aromatic heterocycles. The molecule has 4 rings (SSSR count). The van der Waals surface area contributed by atoms with E-state index < -0.39 is 17.3 Å². The van der Waals surface area contributed by atoms with Crippen LogP contribution in [-0.2, 0) is 5.54 Å².